The molecule has 2 atom stereocenters. The van der Waals surface area contributed by atoms with Crippen LogP contribution in [0.2, 0.25) is 0 Å². The molecule has 0 saturated heterocycles. The summed E-state index contributed by atoms with van der Waals surface area (Å²) < 4.78 is 0. The minimum atomic E-state index is -1.15. The van der Waals surface area contributed by atoms with Crippen molar-refractivity contribution in [3.8, 4) is 0 Å². The van der Waals surface area contributed by atoms with E-state index in [4.69, 9.17) is 0 Å². The first-order valence-corrected chi connectivity index (χ1v) is 7.85. The maximum atomic E-state index is 10.4. The van der Waals surface area contributed by atoms with Crippen molar-refractivity contribution < 1.29 is 15.3 Å². The van der Waals surface area contributed by atoms with E-state index in [0.717, 1.165) is 24.8 Å². The second kappa shape index (κ2) is 8.52. The Kier molecular flexibility index (Phi) is 7.36. The molecule has 120 valence electrons. The smallest absolute Gasteiger partial charge is 0.0911 e. The van der Waals surface area contributed by atoms with E-state index in [-0.39, 0.29) is 6.61 Å². The molecule has 0 aromatic rings. The Morgan fingerprint density at radius 3 is 2.48 bits per heavy atom. The molecule has 0 fully saturated rings. The zero-order valence-electron chi connectivity index (χ0n) is 13.6. The van der Waals surface area contributed by atoms with Gasteiger partial charge in [-0.2, -0.15) is 0 Å². The molecule has 3 N–H and O–H groups in total. The van der Waals surface area contributed by atoms with Crippen molar-refractivity contribution in [1.82, 2.24) is 0 Å². The monoisotopic (exact) mass is 294 g/mol. The average molecular weight is 294 g/mol. The fourth-order valence-corrected chi connectivity index (χ4v) is 2.43. The predicted octanol–water partition coefficient (Wildman–Crippen LogP) is 3.26. The number of aliphatic hydroxyl groups excluding tert-OH is 2. The highest BCUT2D eigenvalue weighted by Gasteiger charge is 2.28. The van der Waals surface area contributed by atoms with E-state index in [1.165, 1.54) is 11.1 Å². The van der Waals surface area contributed by atoms with Gasteiger partial charge in [0.2, 0.25) is 0 Å². The molecule has 1 rings (SSSR count). The highest BCUT2D eigenvalue weighted by Crippen LogP contribution is 2.23. The lowest BCUT2D eigenvalue weighted by molar-refractivity contribution is -0.0624. The van der Waals surface area contributed by atoms with Gasteiger partial charge in [0.15, 0.2) is 0 Å². The Morgan fingerprint density at radius 1 is 1.14 bits per heavy atom. The van der Waals surface area contributed by atoms with Crippen molar-refractivity contribution in [1.29, 1.82) is 0 Å². The van der Waals surface area contributed by atoms with Gasteiger partial charge in [-0.1, -0.05) is 29.4 Å². The molecule has 1 aliphatic carbocycles. The third-order valence-corrected chi connectivity index (χ3v) is 4.28. The van der Waals surface area contributed by atoms with Gasteiger partial charge in [-0.3, -0.25) is 0 Å². The maximum Gasteiger partial charge on any atom is 0.0911 e. The molecule has 0 amide bonds. The summed E-state index contributed by atoms with van der Waals surface area (Å²) in [5.74, 6) is 0. The van der Waals surface area contributed by atoms with E-state index in [1.54, 1.807) is 6.92 Å². The van der Waals surface area contributed by atoms with Crippen LogP contribution in [0.4, 0.5) is 0 Å². The van der Waals surface area contributed by atoms with Crippen LogP contribution in [0.25, 0.3) is 0 Å². The first-order valence-electron chi connectivity index (χ1n) is 7.85. The minimum Gasteiger partial charge on any atom is -0.392 e. The Hall–Kier alpha value is -0.900. The zero-order valence-corrected chi connectivity index (χ0v) is 13.6. The van der Waals surface area contributed by atoms with Crippen LogP contribution in [0, 0.1) is 0 Å². The van der Waals surface area contributed by atoms with Gasteiger partial charge in [0, 0.05) is 0 Å². The van der Waals surface area contributed by atoms with Crippen LogP contribution < -0.4 is 0 Å². The maximum absolute atomic E-state index is 10.4. The van der Waals surface area contributed by atoms with Crippen molar-refractivity contribution in [2.24, 2.45) is 0 Å². The second-order valence-electron chi connectivity index (χ2n) is 6.48. The summed E-state index contributed by atoms with van der Waals surface area (Å²) in [5, 5.41) is 30.0. The zero-order chi connectivity index (χ0) is 15.9. The normalized spacial score (nSPS) is 37.4. The molecule has 0 bridgehead atoms. The molecule has 0 aromatic heterocycles. The van der Waals surface area contributed by atoms with Crippen molar-refractivity contribution in [3.63, 3.8) is 0 Å². The van der Waals surface area contributed by atoms with Crippen LogP contribution in [0.3, 0.4) is 0 Å². The lowest BCUT2D eigenvalue weighted by Crippen LogP contribution is -2.38. The topological polar surface area (TPSA) is 60.7 Å². The van der Waals surface area contributed by atoms with Crippen molar-refractivity contribution in [2.75, 3.05) is 6.61 Å². The van der Waals surface area contributed by atoms with Gasteiger partial charge in [-0.25, -0.2) is 0 Å². The lowest BCUT2D eigenvalue weighted by Gasteiger charge is -2.28. The number of rotatable bonds is 1. The third kappa shape index (κ3) is 6.60. The van der Waals surface area contributed by atoms with E-state index < -0.39 is 11.7 Å². The van der Waals surface area contributed by atoms with E-state index in [2.05, 4.69) is 26.0 Å². The van der Waals surface area contributed by atoms with E-state index in [1.807, 2.05) is 6.08 Å². The van der Waals surface area contributed by atoms with Crippen LogP contribution in [-0.2, 0) is 0 Å². The molecule has 0 aromatic carbocycles. The first-order chi connectivity index (χ1) is 9.85. The third-order valence-electron chi connectivity index (χ3n) is 4.28. The molecule has 3 nitrogen and oxygen atoms in total. The molecule has 0 saturated carbocycles. The van der Waals surface area contributed by atoms with Crippen molar-refractivity contribution >= 4 is 0 Å². The fraction of sp³-hybridized carbons (Fsp3) is 0.667. The average Bonchev–Trinajstić information content (AvgIpc) is 2.43. The van der Waals surface area contributed by atoms with Gasteiger partial charge >= 0.3 is 0 Å². The van der Waals surface area contributed by atoms with Gasteiger partial charge in [0.25, 0.3) is 0 Å². The largest absolute Gasteiger partial charge is 0.392 e. The fourth-order valence-electron chi connectivity index (χ4n) is 2.43. The summed E-state index contributed by atoms with van der Waals surface area (Å²) in [7, 11) is 0. The number of hydrogen-bond donors (Lipinski definition) is 3. The number of allylic oxidation sites excluding steroid dienone is 4. The number of aliphatic hydroxyl groups is 3. The molecule has 0 radical (unpaired) electrons. The summed E-state index contributed by atoms with van der Waals surface area (Å²) in [6.07, 6.45) is 9.92. The molecular formula is C18H30O3. The highest BCUT2D eigenvalue weighted by molar-refractivity contribution is 5.14. The Balaban J connectivity index is 2.91. The summed E-state index contributed by atoms with van der Waals surface area (Å²) >= 11 is 0. The van der Waals surface area contributed by atoms with Crippen LogP contribution >= 0.6 is 0 Å². The second-order valence-corrected chi connectivity index (χ2v) is 6.48. The summed E-state index contributed by atoms with van der Waals surface area (Å²) in [6, 6.07) is 0. The predicted molar refractivity (Wildman–Crippen MR) is 87.0 cm³/mol. The molecule has 1 aliphatic rings. The van der Waals surface area contributed by atoms with Gasteiger partial charge in [0.1, 0.15) is 0 Å². The van der Waals surface area contributed by atoms with Crippen molar-refractivity contribution in [3.05, 3.63) is 34.9 Å². The molecule has 0 aliphatic heterocycles. The van der Waals surface area contributed by atoms with Crippen LogP contribution in [-0.4, -0.2) is 33.6 Å². The SMILES string of the molecule is C/C1=C\C/C(CO)=C/C[C@@](C)(O)[C@@H](O)CC/C(C)=C/CC1. The van der Waals surface area contributed by atoms with Crippen LogP contribution in [0.5, 0.6) is 0 Å². The Bertz CT molecular complexity index is 416. The van der Waals surface area contributed by atoms with E-state index in [0.29, 0.717) is 19.3 Å². The van der Waals surface area contributed by atoms with Crippen LogP contribution in [0.1, 0.15) is 59.3 Å². The molecule has 21 heavy (non-hydrogen) atoms. The van der Waals surface area contributed by atoms with E-state index in [9.17, 15) is 15.3 Å². The minimum absolute atomic E-state index is 0.00499. The van der Waals surface area contributed by atoms with Crippen molar-refractivity contribution in [2.45, 2.75) is 71.0 Å². The van der Waals surface area contributed by atoms with E-state index >= 15 is 0 Å². The first kappa shape index (κ1) is 18.1. The van der Waals surface area contributed by atoms with Gasteiger partial charge in [0.05, 0.1) is 18.3 Å². The Morgan fingerprint density at radius 2 is 1.81 bits per heavy atom. The summed E-state index contributed by atoms with van der Waals surface area (Å²) in [5.41, 5.74) is 2.33. The Labute approximate surface area is 128 Å². The van der Waals surface area contributed by atoms with Gasteiger partial charge in [-0.05, 0) is 64.9 Å². The molecule has 3 heteroatoms. The number of hydrogen-bond acceptors (Lipinski definition) is 3. The molecule has 0 unspecified atom stereocenters. The highest BCUT2D eigenvalue weighted by atomic mass is 16.3. The lowest BCUT2D eigenvalue weighted by atomic mass is 9.89. The summed E-state index contributed by atoms with van der Waals surface area (Å²) in [4.78, 5) is 0. The molecule has 0 spiro atoms. The quantitative estimate of drug-likeness (QED) is 0.651. The standard InChI is InChI=1S/C18H30O3/c1-14-5-4-6-15(2)8-10-17(20)18(3,21)12-11-16(13-19)9-7-14/h6-7,11,17,19-21H,4-5,8-10,12-13H2,1-3H3/b14-7+,15-6+,16-11-/t17-,18+/m0/s1. The molecule has 0 heterocycles. The summed E-state index contributed by atoms with van der Waals surface area (Å²) in [6.45, 7) is 5.85. The van der Waals surface area contributed by atoms with Gasteiger partial charge < -0.3 is 15.3 Å². The molecular weight excluding hydrogens is 264 g/mol. The van der Waals surface area contributed by atoms with Crippen LogP contribution in [0.15, 0.2) is 34.9 Å². The van der Waals surface area contributed by atoms with Gasteiger partial charge in [-0.15, -0.1) is 0 Å².